The molecule has 0 radical (unpaired) electrons. The van der Waals surface area contributed by atoms with Crippen LogP contribution in [0.3, 0.4) is 0 Å². The Bertz CT molecular complexity index is 255. The maximum absolute atomic E-state index is 5.69. The first-order valence-electron chi connectivity index (χ1n) is 4.12. The second-order valence-electron chi connectivity index (χ2n) is 2.86. The predicted octanol–water partition coefficient (Wildman–Crippen LogP) is 1.44. The highest BCUT2D eigenvalue weighted by molar-refractivity contribution is 5.30. The van der Waals surface area contributed by atoms with Crippen LogP contribution in [0.1, 0.15) is 26.8 Å². The summed E-state index contributed by atoms with van der Waals surface area (Å²) in [6.45, 7) is 6.62. The van der Waals surface area contributed by atoms with Gasteiger partial charge in [0.25, 0.3) is 6.01 Å². The van der Waals surface area contributed by atoms with E-state index in [4.69, 9.17) is 10.5 Å². The SMILES string of the molecule is CCOc1ncc(N)n1C(C)C. The molecule has 2 N–H and O–H groups in total. The van der Waals surface area contributed by atoms with Gasteiger partial charge in [0.2, 0.25) is 0 Å². The average molecular weight is 169 g/mol. The number of hydrogen-bond donors (Lipinski definition) is 1. The van der Waals surface area contributed by atoms with Gasteiger partial charge in [-0.25, -0.2) is 4.98 Å². The summed E-state index contributed by atoms with van der Waals surface area (Å²) in [4.78, 5) is 4.04. The van der Waals surface area contributed by atoms with Crippen molar-refractivity contribution in [2.45, 2.75) is 26.8 Å². The Labute approximate surface area is 72.3 Å². The van der Waals surface area contributed by atoms with E-state index >= 15 is 0 Å². The molecule has 4 heteroatoms. The Hall–Kier alpha value is -1.19. The van der Waals surface area contributed by atoms with Crippen LogP contribution >= 0.6 is 0 Å². The lowest BCUT2D eigenvalue weighted by atomic mass is 10.4. The molecular weight excluding hydrogens is 154 g/mol. The molecule has 1 aromatic heterocycles. The number of anilines is 1. The molecule has 0 amide bonds. The highest BCUT2D eigenvalue weighted by Gasteiger charge is 2.10. The molecule has 68 valence electrons. The topological polar surface area (TPSA) is 53.1 Å². The van der Waals surface area contributed by atoms with E-state index in [1.165, 1.54) is 0 Å². The lowest BCUT2D eigenvalue weighted by Crippen LogP contribution is -2.08. The molecule has 12 heavy (non-hydrogen) atoms. The molecule has 0 aliphatic heterocycles. The summed E-state index contributed by atoms with van der Waals surface area (Å²) >= 11 is 0. The van der Waals surface area contributed by atoms with E-state index in [2.05, 4.69) is 4.98 Å². The van der Waals surface area contributed by atoms with Crippen molar-refractivity contribution < 1.29 is 4.74 Å². The van der Waals surface area contributed by atoms with Crippen molar-refractivity contribution in [3.05, 3.63) is 6.20 Å². The summed E-state index contributed by atoms with van der Waals surface area (Å²) in [7, 11) is 0. The van der Waals surface area contributed by atoms with Gasteiger partial charge < -0.3 is 10.5 Å². The van der Waals surface area contributed by atoms with E-state index < -0.39 is 0 Å². The molecule has 0 aromatic carbocycles. The first-order chi connectivity index (χ1) is 5.66. The van der Waals surface area contributed by atoms with Gasteiger partial charge in [-0.05, 0) is 20.8 Å². The number of nitrogens with two attached hydrogens (primary N) is 1. The number of rotatable bonds is 3. The molecule has 1 aromatic rings. The van der Waals surface area contributed by atoms with Crippen LogP contribution < -0.4 is 10.5 Å². The molecular formula is C8H15N3O. The number of imidazole rings is 1. The van der Waals surface area contributed by atoms with Gasteiger partial charge >= 0.3 is 0 Å². The van der Waals surface area contributed by atoms with Gasteiger partial charge in [-0.2, -0.15) is 0 Å². The van der Waals surface area contributed by atoms with Gasteiger partial charge in [0.1, 0.15) is 5.82 Å². The normalized spacial score (nSPS) is 10.7. The van der Waals surface area contributed by atoms with E-state index in [9.17, 15) is 0 Å². The Morgan fingerprint density at radius 2 is 2.33 bits per heavy atom. The van der Waals surface area contributed by atoms with Crippen molar-refractivity contribution >= 4 is 5.82 Å². The van der Waals surface area contributed by atoms with E-state index in [1.807, 2.05) is 25.3 Å². The smallest absolute Gasteiger partial charge is 0.298 e. The zero-order valence-corrected chi connectivity index (χ0v) is 7.74. The lowest BCUT2D eigenvalue weighted by molar-refractivity contribution is 0.291. The van der Waals surface area contributed by atoms with Crippen LogP contribution in [-0.4, -0.2) is 16.2 Å². The molecule has 0 aliphatic carbocycles. The van der Waals surface area contributed by atoms with E-state index in [0.29, 0.717) is 18.4 Å². The molecule has 0 fully saturated rings. The Morgan fingerprint density at radius 1 is 1.67 bits per heavy atom. The fourth-order valence-corrected chi connectivity index (χ4v) is 1.11. The van der Waals surface area contributed by atoms with Gasteiger partial charge in [0.05, 0.1) is 12.8 Å². The first kappa shape index (κ1) is 8.90. The van der Waals surface area contributed by atoms with Crippen LogP contribution in [0.15, 0.2) is 6.20 Å². The second-order valence-corrected chi connectivity index (χ2v) is 2.86. The summed E-state index contributed by atoms with van der Waals surface area (Å²) in [5.41, 5.74) is 5.69. The highest BCUT2D eigenvalue weighted by atomic mass is 16.5. The fourth-order valence-electron chi connectivity index (χ4n) is 1.11. The number of aromatic nitrogens is 2. The molecule has 1 rings (SSSR count). The van der Waals surface area contributed by atoms with Gasteiger partial charge in [-0.3, -0.25) is 4.57 Å². The number of hydrogen-bond acceptors (Lipinski definition) is 3. The zero-order valence-electron chi connectivity index (χ0n) is 7.74. The largest absolute Gasteiger partial charge is 0.465 e. The fraction of sp³-hybridized carbons (Fsp3) is 0.625. The maximum atomic E-state index is 5.69. The third-order valence-electron chi connectivity index (χ3n) is 1.58. The number of ether oxygens (including phenoxy) is 1. The van der Waals surface area contributed by atoms with Gasteiger partial charge in [-0.15, -0.1) is 0 Å². The predicted molar refractivity (Wildman–Crippen MR) is 48.2 cm³/mol. The van der Waals surface area contributed by atoms with Crippen LogP contribution in [0, 0.1) is 0 Å². The van der Waals surface area contributed by atoms with Gasteiger partial charge in [-0.1, -0.05) is 0 Å². The standard InChI is InChI=1S/C8H15N3O/c1-4-12-8-10-5-7(9)11(8)6(2)3/h5-6H,4,9H2,1-3H3. The Kier molecular flexibility index (Phi) is 2.58. The van der Waals surface area contributed by atoms with Gasteiger partial charge in [0, 0.05) is 6.04 Å². The van der Waals surface area contributed by atoms with Crippen LogP contribution in [-0.2, 0) is 0 Å². The molecule has 0 saturated carbocycles. The summed E-state index contributed by atoms with van der Waals surface area (Å²) in [6, 6.07) is 0.888. The molecule has 0 atom stereocenters. The van der Waals surface area contributed by atoms with Crippen molar-refractivity contribution in [1.29, 1.82) is 0 Å². The molecule has 0 aliphatic rings. The summed E-state index contributed by atoms with van der Waals surface area (Å²) < 4.78 is 7.16. The Morgan fingerprint density at radius 3 is 2.83 bits per heavy atom. The molecule has 1 heterocycles. The summed E-state index contributed by atoms with van der Waals surface area (Å²) in [5.74, 6) is 0.647. The van der Waals surface area contributed by atoms with Crippen LogP contribution in [0.2, 0.25) is 0 Å². The number of nitrogen functional groups attached to an aromatic ring is 1. The van der Waals surface area contributed by atoms with Crippen LogP contribution in [0.25, 0.3) is 0 Å². The Balaban J connectivity index is 2.95. The molecule has 0 spiro atoms. The van der Waals surface area contributed by atoms with E-state index in [-0.39, 0.29) is 6.04 Å². The molecule has 0 bridgehead atoms. The van der Waals surface area contributed by atoms with E-state index in [0.717, 1.165) is 0 Å². The van der Waals surface area contributed by atoms with Gasteiger partial charge in [0.15, 0.2) is 0 Å². The zero-order chi connectivity index (χ0) is 9.14. The van der Waals surface area contributed by atoms with Crippen molar-refractivity contribution in [1.82, 2.24) is 9.55 Å². The third kappa shape index (κ3) is 1.52. The minimum absolute atomic E-state index is 0.286. The third-order valence-corrected chi connectivity index (χ3v) is 1.58. The monoisotopic (exact) mass is 169 g/mol. The summed E-state index contributed by atoms with van der Waals surface area (Å²) in [5, 5.41) is 0. The minimum atomic E-state index is 0.286. The minimum Gasteiger partial charge on any atom is -0.465 e. The summed E-state index contributed by atoms with van der Waals surface area (Å²) in [6.07, 6.45) is 1.62. The molecule has 0 unspecified atom stereocenters. The van der Waals surface area contributed by atoms with Crippen molar-refractivity contribution in [3.63, 3.8) is 0 Å². The second kappa shape index (κ2) is 3.47. The van der Waals surface area contributed by atoms with Crippen molar-refractivity contribution in [2.75, 3.05) is 12.3 Å². The quantitative estimate of drug-likeness (QED) is 0.745. The van der Waals surface area contributed by atoms with Crippen LogP contribution in [0.5, 0.6) is 6.01 Å². The molecule has 0 saturated heterocycles. The first-order valence-corrected chi connectivity index (χ1v) is 4.12. The maximum Gasteiger partial charge on any atom is 0.298 e. The lowest BCUT2D eigenvalue weighted by Gasteiger charge is -2.12. The van der Waals surface area contributed by atoms with Crippen molar-refractivity contribution in [3.8, 4) is 6.01 Å². The molecule has 4 nitrogen and oxygen atoms in total. The highest BCUT2D eigenvalue weighted by Crippen LogP contribution is 2.20. The number of nitrogens with zero attached hydrogens (tertiary/aromatic N) is 2. The van der Waals surface area contributed by atoms with Crippen LogP contribution in [0.4, 0.5) is 5.82 Å². The van der Waals surface area contributed by atoms with E-state index in [1.54, 1.807) is 6.20 Å². The van der Waals surface area contributed by atoms with Crippen molar-refractivity contribution in [2.24, 2.45) is 0 Å². The average Bonchev–Trinajstić information content (AvgIpc) is 2.32.